The van der Waals surface area contributed by atoms with Gasteiger partial charge in [-0.3, -0.25) is 4.79 Å². The fourth-order valence-electron chi connectivity index (χ4n) is 3.53. The number of carbonyl (C=O) groups is 1. The molecule has 4 nitrogen and oxygen atoms in total. The lowest BCUT2D eigenvalue weighted by atomic mass is 10.1. The molecule has 3 aromatic carbocycles. The highest BCUT2D eigenvalue weighted by atomic mass is 35.5. The first kappa shape index (κ1) is 20.3. The van der Waals surface area contributed by atoms with Crippen LogP contribution in [0.1, 0.15) is 30.4 Å². The minimum atomic E-state index is -0.127. The lowest BCUT2D eigenvalue weighted by Gasteiger charge is -2.11. The maximum absolute atomic E-state index is 11.9. The predicted molar refractivity (Wildman–Crippen MR) is 119 cm³/mol. The third-order valence-electron chi connectivity index (χ3n) is 5.15. The van der Waals surface area contributed by atoms with Crippen LogP contribution >= 0.6 is 11.6 Å². The van der Waals surface area contributed by atoms with Gasteiger partial charge in [0.2, 0.25) is 0 Å². The molecule has 0 heterocycles. The number of benzene rings is 3. The zero-order chi connectivity index (χ0) is 20.9. The van der Waals surface area contributed by atoms with Gasteiger partial charge >= 0.3 is 5.97 Å². The Hall–Kier alpha value is -2.98. The van der Waals surface area contributed by atoms with Crippen LogP contribution in [0.3, 0.4) is 0 Å². The van der Waals surface area contributed by atoms with Crippen molar-refractivity contribution in [3.63, 3.8) is 0 Å². The van der Waals surface area contributed by atoms with E-state index in [1.54, 1.807) is 0 Å². The summed E-state index contributed by atoms with van der Waals surface area (Å²) in [6.45, 7) is 2.89. The van der Waals surface area contributed by atoms with E-state index < -0.39 is 0 Å². The maximum Gasteiger partial charge on any atom is 0.309 e. The Bertz CT molecular complexity index is 1020. The van der Waals surface area contributed by atoms with Gasteiger partial charge in [-0.05, 0) is 66.8 Å². The fourth-order valence-corrected chi connectivity index (χ4v) is 3.85. The Morgan fingerprint density at radius 1 is 1.03 bits per heavy atom. The predicted octanol–water partition coefficient (Wildman–Crippen LogP) is 6.41. The molecule has 0 amide bonds. The Morgan fingerprint density at radius 3 is 2.60 bits per heavy atom. The summed E-state index contributed by atoms with van der Waals surface area (Å²) in [5.74, 6) is 1.59. The summed E-state index contributed by atoms with van der Waals surface area (Å²) in [6, 6.07) is 23.6. The summed E-state index contributed by atoms with van der Waals surface area (Å²) < 4.78 is 11.0. The first-order chi connectivity index (χ1) is 14.6. The molecule has 0 radical (unpaired) electrons. The van der Waals surface area contributed by atoms with Crippen LogP contribution in [-0.4, -0.2) is 12.6 Å². The van der Waals surface area contributed by atoms with Crippen LogP contribution in [0, 0.1) is 5.92 Å². The Kier molecular flexibility index (Phi) is 6.24. The van der Waals surface area contributed by atoms with Gasteiger partial charge in [0.1, 0.15) is 11.5 Å². The molecular formula is C25H24ClNO3. The molecule has 0 spiro atoms. The Morgan fingerprint density at radius 2 is 1.83 bits per heavy atom. The SMILES string of the molecule is CCOC(=O)[C@H]1C[C@@H]1c1ccc(NCc2cccc(Oc3ccccc3)c2)cc1Cl. The second-order valence-electron chi connectivity index (χ2n) is 7.35. The molecule has 3 aromatic rings. The monoisotopic (exact) mass is 421 g/mol. The van der Waals surface area contributed by atoms with E-state index in [2.05, 4.69) is 11.4 Å². The van der Waals surface area contributed by atoms with Crippen molar-refractivity contribution in [3.8, 4) is 11.5 Å². The van der Waals surface area contributed by atoms with Gasteiger partial charge in [0.15, 0.2) is 0 Å². The summed E-state index contributed by atoms with van der Waals surface area (Å²) >= 11 is 6.50. The quantitative estimate of drug-likeness (QED) is 0.427. The molecule has 0 bridgehead atoms. The van der Waals surface area contributed by atoms with E-state index in [-0.39, 0.29) is 17.8 Å². The number of hydrogen-bond donors (Lipinski definition) is 1. The average Bonchev–Trinajstić information content (AvgIpc) is 3.54. The van der Waals surface area contributed by atoms with Crippen molar-refractivity contribution in [1.82, 2.24) is 0 Å². The van der Waals surface area contributed by atoms with E-state index in [1.165, 1.54) is 0 Å². The van der Waals surface area contributed by atoms with Crippen molar-refractivity contribution in [2.75, 3.05) is 11.9 Å². The second kappa shape index (κ2) is 9.23. The summed E-state index contributed by atoms with van der Waals surface area (Å²) in [5.41, 5.74) is 3.05. The van der Waals surface area contributed by atoms with E-state index in [0.717, 1.165) is 34.7 Å². The van der Waals surface area contributed by atoms with Gasteiger partial charge in [0.05, 0.1) is 12.5 Å². The Balaban J connectivity index is 1.36. The van der Waals surface area contributed by atoms with Crippen LogP contribution in [-0.2, 0) is 16.1 Å². The van der Waals surface area contributed by atoms with Gasteiger partial charge in [-0.2, -0.15) is 0 Å². The average molecular weight is 422 g/mol. The van der Waals surface area contributed by atoms with Gasteiger partial charge in [-0.15, -0.1) is 0 Å². The van der Waals surface area contributed by atoms with Crippen LogP contribution in [0.25, 0.3) is 0 Å². The highest BCUT2D eigenvalue weighted by molar-refractivity contribution is 6.31. The van der Waals surface area contributed by atoms with Gasteiger partial charge in [0.25, 0.3) is 0 Å². The van der Waals surface area contributed by atoms with E-state index in [1.807, 2.05) is 73.7 Å². The minimum absolute atomic E-state index is 0.0615. The van der Waals surface area contributed by atoms with Crippen LogP contribution in [0.2, 0.25) is 5.02 Å². The first-order valence-electron chi connectivity index (χ1n) is 10.2. The summed E-state index contributed by atoms with van der Waals surface area (Å²) in [7, 11) is 0. The topological polar surface area (TPSA) is 47.6 Å². The number of esters is 1. The van der Waals surface area contributed by atoms with Gasteiger partial charge < -0.3 is 14.8 Å². The van der Waals surface area contributed by atoms with E-state index in [4.69, 9.17) is 21.1 Å². The molecule has 5 heteroatoms. The summed E-state index contributed by atoms with van der Waals surface area (Å²) in [5, 5.41) is 4.08. The first-order valence-corrected chi connectivity index (χ1v) is 10.5. The molecule has 0 aliphatic heterocycles. The molecule has 1 saturated carbocycles. The van der Waals surface area contributed by atoms with Crippen molar-refractivity contribution in [2.24, 2.45) is 5.92 Å². The summed E-state index contributed by atoms with van der Waals surface area (Å²) in [4.78, 5) is 11.9. The van der Waals surface area contributed by atoms with Crippen molar-refractivity contribution < 1.29 is 14.3 Å². The van der Waals surface area contributed by atoms with E-state index in [9.17, 15) is 4.79 Å². The third kappa shape index (κ3) is 4.95. The molecule has 0 saturated heterocycles. The number of hydrogen-bond acceptors (Lipinski definition) is 4. The molecule has 0 unspecified atom stereocenters. The van der Waals surface area contributed by atoms with Crippen LogP contribution < -0.4 is 10.1 Å². The Labute approximate surface area is 181 Å². The second-order valence-corrected chi connectivity index (χ2v) is 7.76. The number of para-hydroxylation sites is 1. The molecule has 1 aliphatic rings. The van der Waals surface area contributed by atoms with Crippen LogP contribution in [0.4, 0.5) is 5.69 Å². The van der Waals surface area contributed by atoms with Crippen molar-refractivity contribution in [2.45, 2.75) is 25.8 Å². The number of halogens is 1. The smallest absolute Gasteiger partial charge is 0.309 e. The van der Waals surface area contributed by atoms with Gasteiger partial charge in [-0.1, -0.05) is 48.0 Å². The molecule has 1 N–H and O–H groups in total. The zero-order valence-corrected chi connectivity index (χ0v) is 17.6. The lowest BCUT2D eigenvalue weighted by Crippen LogP contribution is -2.07. The standard InChI is InChI=1S/C25H24ClNO3/c1-2-29-25(28)23-15-22(23)21-12-11-18(14-24(21)26)27-16-17-7-6-10-20(13-17)30-19-8-4-3-5-9-19/h3-14,22-23,27H,2,15-16H2,1H3/t22-,23+/m1/s1. The zero-order valence-electron chi connectivity index (χ0n) is 16.8. The van der Waals surface area contributed by atoms with E-state index in [0.29, 0.717) is 18.2 Å². The number of rotatable bonds is 8. The van der Waals surface area contributed by atoms with Gasteiger partial charge in [0, 0.05) is 17.3 Å². The molecule has 2 atom stereocenters. The molecule has 30 heavy (non-hydrogen) atoms. The number of ether oxygens (including phenoxy) is 2. The number of anilines is 1. The van der Waals surface area contributed by atoms with E-state index >= 15 is 0 Å². The maximum atomic E-state index is 11.9. The number of carbonyl (C=O) groups excluding carboxylic acids is 1. The lowest BCUT2D eigenvalue weighted by molar-refractivity contribution is -0.144. The largest absolute Gasteiger partial charge is 0.466 e. The normalized spacial score (nSPS) is 17.3. The summed E-state index contributed by atoms with van der Waals surface area (Å²) in [6.07, 6.45) is 0.805. The molecular weight excluding hydrogens is 398 g/mol. The van der Waals surface area contributed by atoms with Gasteiger partial charge in [-0.25, -0.2) is 0 Å². The highest BCUT2D eigenvalue weighted by Gasteiger charge is 2.46. The van der Waals surface area contributed by atoms with Crippen molar-refractivity contribution in [3.05, 3.63) is 88.9 Å². The molecule has 0 aromatic heterocycles. The molecule has 4 rings (SSSR count). The fraction of sp³-hybridized carbons (Fsp3) is 0.240. The third-order valence-corrected chi connectivity index (χ3v) is 5.48. The minimum Gasteiger partial charge on any atom is -0.466 e. The highest BCUT2D eigenvalue weighted by Crippen LogP contribution is 2.50. The molecule has 1 fully saturated rings. The molecule has 154 valence electrons. The number of nitrogens with one attached hydrogen (secondary N) is 1. The van der Waals surface area contributed by atoms with Crippen molar-refractivity contribution in [1.29, 1.82) is 0 Å². The molecule has 1 aliphatic carbocycles. The van der Waals surface area contributed by atoms with Crippen LogP contribution in [0.5, 0.6) is 11.5 Å². The van der Waals surface area contributed by atoms with Crippen LogP contribution in [0.15, 0.2) is 72.8 Å². The van der Waals surface area contributed by atoms with Crippen molar-refractivity contribution >= 4 is 23.3 Å².